The summed E-state index contributed by atoms with van der Waals surface area (Å²) in [5.41, 5.74) is 0. The Kier molecular flexibility index (Phi) is 2.08. The molecule has 1 N–H and O–H groups in total. The molecule has 0 radical (unpaired) electrons. The molecule has 0 spiro atoms. The molecule has 1 aliphatic rings. The number of carboxylic acid groups (broad SMARTS) is 1. The van der Waals surface area contributed by atoms with Gasteiger partial charge in [0.05, 0.1) is 6.04 Å². The van der Waals surface area contributed by atoms with Gasteiger partial charge in [0, 0.05) is 7.05 Å². The van der Waals surface area contributed by atoms with Gasteiger partial charge in [0.25, 0.3) is 5.24 Å². The van der Waals surface area contributed by atoms with Gasteiger partial charge in [-0.3, -0.25) is 9.59 Å². The van der Waals surface area contributed by atoms with E-state index in [1.807, 2.05) is 0 Å². The Bertz CT molecular complexity index is 206. The van der Waals surface area contributed by atoms with Gasteiger partial charge in [-0.15, -0.1) is 0 Å². The topological polar surface area (TPSA) is 57.6 Å². The molecule has 0 aromatic rings. The highest BCUT2D eigenvalue weighted by Gasteiger charge is 2.39. The Balaban J connectivity index is 2.74. The molecule has 1 rings (SSSR count). The number of amides is 1. The lowest BCUT2D eigenvalue weighted by molar-refractivity contribution is -0.137. The lowest BCUT2D eigenvalue weighted by Gasteiger charge is -2.15. The molecule has 0 aliphatic carbocycles. The summed E-state index contributed by atoms with van der Waals surface area (Å²) >= 11 is 0.877. The second-order valence-corrected chi connectivity index (χ2v) is 3.59. The summed E-state index contributed by atoms with van der Waals surface area (Å²) in [7, 11) is 1.61. The molecule has 1 amide bonds. The number of carbonyl (C=O) groups is 2. The summed E-state index contributed by atoms with van der Waals surface area (Å²) < 4.78 is 0. The minimum Gasteiger partial charge on any atom is -0.480 e. The monoisotopic (exact) mass is 175 g/mol. The fourth-order valence-electron chi connectivity index (χ4n) is 0.916. The fourth-order valence-corrected chi connectivity index (χ4v) is 1.95. The van der Waals surface area contributed by atoms with Crippen molar-refractivity contribution >= 4 is 23.0 Å². The molecule has 62 valence electrons. The predicted octanol–water partition coefficient (Wildman–Crippen LogP) is 0.627. The second kappa shape index (κ2) is 2.73. The van der Waals surface area contributed by atoms with E-state index >= 15 is 0 Å². The summed E-state index contributed by atoms with van der Waals surface area (Å²) in [5.74, 6) is -0.916. The number of thioether (sulfide) groups is 1. The first-order chi connectivity index (χ1) is 5.04. The zero-order valence-electron chi connectivity index (χ0n) is 6.27. The molecule has 1 saturated heterocycles. The van der Waals surface area contributed by atoms with Crippen molar-refractivity contribution in [2.24, 2.45) is 0 Å². The number of hydrogen-bond donors (Lipinski definition) is 1. The Morgan fingerprint density at radius 2 is 2.27 bits per heavy atom. The van der Waals surface area contributed by atoms with E-state index in [2.05, 4.69) is 0 Å². The van der Waals surface area contributed by atoms with Crippen molar-refractivity contribution in [2.45, 2.75) is 18.2 Å². The number of rotatable bonds is 1. The van der Waals surface area contributed by atoms with E-state index in [-0.39, 0.29) is 11.3 Å². The molecule has 5 heteroatoms. The maximum atomic E-state index is 10.9. The van der Waals surface area contributed by atoms with Crippen LogP contribution in [0, 0.1) is 0 Å². The van der Waals surface area contributed by atoms with Gasteiger partial charge in [-0.25, -0.2) is 0 Å². The van der Waals surface area contributed by atoms with Gasteiger partial charge in [0.1, 0.15) is 5.25 Å². The number of carboxylic acids is 1. The van der Waals surface area contributed by atoms with Crippen molar-refractivity contribution in [3.63, 3.8) is 0 Å². The molecule has 0 aromatic carbocycles. The number of hydrogen-bond acceptors (Lipinski definition) is 3. The van der Waals surface area contributed by atoms with Crippen LogP contribution in [-0.4, -0.2) is 39.6 Å². The zero-order chi connectivity index (χ0) is 8.59. The standard InChI is InChI=1S/C6H9NO3S/c1-3-4(5(8)9)11-6(10)7(3)2/h3-4H,1-2H3,(H,8,9). The van der Waals surface area contributed by atoms with Crippen LogP contribution in [0.15, 0.2) is 0 Å². The maximum Gasteiger partial charge on any atom is 0.319 e. The van der Waals surface area contributed by atoms with Crippen LogP contribution in [0.25, 0.3) is 0 Å². The normalized spacial score (nSPS) is 31.1. The first-order valence-electron chi connectivity index (χ1n) is 3.20. The number of nitrogens with zero attached hydrogens (tertiary/aromatic N) is 1. The molecule has 0 aromatic heterocycles. The highest BCUT2D eigenvalue weighted by Crippen LogP contribution is 2.29. The average molecular weight is 175 g/mol. The van der Waals surface area contributed by atoms with Crippen LogP contribution < -0.4 is 0 Å². The van der Waals surface area contributed by atoms with Gasteiger partial charge in [-0.05, 0) is 18.7 Å². The van der Waals surface area contributed by atoms with Crippen LogP contribution in [0.1, 0.15) is 6.92 Å². The molecular weight excluding hydrogens is 166 g/mol. The van der Waals surface area contributed by atoms with Crippen LogP contribution in [0.3, 0.4) is 0 Å². The van der Waals surface area contributed by atoms with E-state index in [4.69, 9.17) is 5.11 Å². The van der Waals surface area contributed by atoms with Gasteiger partial charge in [0.2, 0.25) is 0 Å². The first-order valence-corrected chi connectivity index (χ1v) is 4.08. The van der Waals surface area contributed by atoms with Crippen LogP contribution in [0.2, 0.25) is 0 Å². The Morgan fingerprint density at radius 1 is 1.73 bits per heavy atom. The third-order valence-electron chi connectivity index (χ3n) is 1.81. The van der Waals surface area contributed by atoms with Crippen molar-refractivity contribution in [2.75, 3.05) is 7.05 Å². The number of carbonyl (C=O) groups excluding carboxylic acids is 1. The van der Waals surface area contributed by atoms with Crippen molar-refractivity contribution < 1.29 is 14.7 Å². The van der Waals surface area contributed by atoms with E-state index in [1.165, 1.54) is 4.90 Å². The summed E-state index contributed by atoms with van der Waals surface area (Å²) in [4.78, 5) is 22.9. The lowest BCUT2D eigenvalue weighted by Crippen LogP contribution is -2.34. The predicted molar refractivity (Wildman–Crippen MR) is 41.6 cm³/mol. The third-order valence-corrected chi connectivity index (χ3v) is 3.15. The minimum absolute atomic E-state index is 0.162. The van der Waals surface area contributed by atoms with Crippen LogP contribution in [0.5, 0.6) is 0 Å². The van der Waals surface area contributed by atoms with Gasteiger partial charge >= 0.3 is 5.97 Å². The highest BCUT2D eigenvalue weighted by atomic mass is 32.2. The van der Waals surface area contributed by atoms with Gasteiger partial charge < -0.3 is 10.0 Å². The van der Waals surface area contributed by atoms with Crippen molar-refractivity contribution in [1.82, 2.24) is 4.90 Å². The van der Waals surface area contributed by atoms with Gasteiger partial charge in [0.15, 0.2) is 0 Å². The van der Waals surface area contributed by atoms with Gasteiger partial charge in [-0.1, -0.05) is 0 Å². The molecule has 0 saturated carbocycles. The minimum atomic E-state index is -0.916. The van der Waals surface area contributed by atoms with E-state index in [0.29, 0.717) is 0 Å². The summed E-state index contributed by atoms with van der Waals surface area (Å²) in [5, 5.41) is 7.85. The molecule has 1 fully saturated rings. The van der Waals surface area contributed by atoms with Crippen LogP contribution in [0.4, 0.5) is 4.79 Å². The van der Waals surface area contributed by atoms with E-state index in [1.54, 1.807) is 14.0 Å². The summed E-state index contributed by atoms with van der Waals surface area (Å²) in [6, 6.07) is -0.204. The van der Waals surface area contributed by atoms with Crippen LogP contribution in [-0.2, 0) is 4.79 Å². The quantitative estimate of drug-likeness (QED) is 0.635. The molecule has 1 aliphatic heterocycles. The lowest BCUT2D eigenvalue weighted by atomic mass is 10.2. The molecule has 0 bridgehead atoms. The SMILES string of the molecule is CC1C(C(=O)O)SC(=O)N1C. The molecular formula is C6H9NO3S. The summed E-state index contributed by atoms with van der Waals surface area (Å²) in [6.07, 6.45) is 0. The first kappa shape index (κ1) is 8.39. The molecule has 1 heterocycles. The zero-order valence-corrected chi connectivity index (χ0v) is 7.09. The maximum absolute atomic E-state index is 10.9. The van der Waals surface area contributed by atoms with Gasteiger partial charge in [-0.2, -0.15) is 0 Å². The number of aliphatic carboxylic acids is 1. The molecule has 2 atom stereocenters. The molecule has 2 unspecified atom stereocenters. The Morgan fingerprint density at radius 3 is 2.45 bits per heavy atom. The fraction of sp³-hybridized carbons (Fsp3) is 0.667. The Labute approximate surface area is 68.6 Å². The molecule has 11 heavy (non-hydrogen) atoms. The highest BCUT2D eigenvalue weighted by molar-refractivity contribution is 8.15. The Hall–Kier alpha value is -0.710. The van der Waals surface area contributed by atoms with Crippen molar-refractivity contribution in [3.05, 3.63) is 0 Å². The average Bonchev–Trinajstić information content (AvgIpc) is 2.17. The smallest absolute Gasteiger partial charge is 0.319 e. The second-order valence-electron chi connectivity index (χ2n) is 2.49. The van der Waals surface area contributed by atoms with E-state index in [0.717, 1.165) is 11.8 Å². The third kappa shape index (κ3) is 1.33. The van der Waals surface area contributed by atoms with Crippen molar-refractivity contribution in [3.8, 4) is 0 Å². The van der Waals surface area contributed by atoms with E-state index in [9.17, 15) is 9.59 Å². The largest absolute Gasteiger partial charge is 0.480 e. The van der Waals surface area contributed by atoms with Crippen molar-refractivity contribution in [1.29, 1.82) is 0 Å². The molecule has 4 nitrogen and oxygen atoms in total. The summed E-state index contributed by atoms with van der Waals surface area (Å²) in [6.45, 7) is 1.73. The van der Waals surface area contributed by atoms with E-state index < -0.39 is 11.2 Å². The van der Waals surface area contributed by atoms with Crippen LogP contribution >= 0.6 is 11.8 Å².